The van der Waals surface area contributed by atoms with Crippen molar-refractivity contribution in [3.8, 4) is 11.1 Å². The summed E-state index contributed by atoms with van der Waals surface area (Å²) in [6.07, 6.45) is 0. The maximum atomic E-state index is 11.1. The minimum Gasteiger partial charge on any atom is -0.480 e. The highest BCUT2D eigenvalue weighted by molar-refractivity contribution is 9.10. The van der Waals surface area contributed by atoms with E-state index in [0.29, 0.717) is 5.56 Å². The minimum atomic E-state index is -1.40. The fourth-order valence-electron chi connectivity index (χ4n) is 1.78. The van der Waals surface area contributed by atoms with Crippen LogP contribution in [-0.2, 0) is 9.67 Å². The Morgan fingerprint density at radius 1 is 1.16 bits per heavy atom. The molecular weight excluding hydrogens is 328 g/mol. The summed E-state index contributed by atoms with van der Waals surface area (Å²) in [7, 11) is 0. The molecule has 1 N–H and O–H groups in total. The maximum Gasteiger partial charge on any atom is 0.329 e. The monoisotopic (exact) mass is 338 g/mol. The van der Waals surface area contributed by atoms with Crippen LogP contribution in [-0.4, -0.2) is 11.1 Å². The van der Waals surface area contributed by atoms with Gasteiger partial charge in [0.15, 0.2) is 4.87 Å². The second-order valence-electron chi connectivity index (χ2n) is 4.37. The van der Waals surface area contributed by atoms with Crippen LogP contribution in [0.5, 0.6) is 0 Å². The molecule has 4 heteroatoms. The highest BCUT2D eigenvalue weighted by Gasteiger charge is 2.32. The SMILES string of the molecule is CC(Cl)(C(=O)O)c1ccc(-c2ccccc2Br)cc1. The number of hydrogen-bond acceptors (Lipinski definition) is 1. The van der Waals surface area contributed by atoms with E-state index in [1.54, 1.807) is 12.1 Å². The van der Waals surface area contributed by atoms with Gasteiger partial charge in [0.25, 0.3) is 0 Å². The van der Waals surface area contributed by atoms with Crippen molar-refractivity contribution in [3.63, 3.8) is 0 Å². The van der Waals surface area contributed by atoms with Gasteiger partial charge in [-0.25, -0.2) is 4.79 Å². The van der Waals surface area contributed by atoms with Crippen molar-refractivity contribution in [2.75, 3.05) is 0 Å². The van der Waals surface area contributed by atoms with Gasteiger partial charge in [0.1, 0.15) is 0 Å². The van der Waals surface area contributed by atoms with Gasteiger partial charge < -0.3 is 5.11 Å². The van der Waals surface area contributed by atoms with Crippen LogP contribution in [0.2, 0.25) is 0 Å². The smallest absolute Gasteiger partial charge is 0.329 e. The normalized spacial score (nSPS) is 13.8. The van der Waals surface area contributed by atoms with E-state index < -0.39 is 10.8 Å². The Balaban J connectivity index is 2.40. The molecule has 0 saturated carbocycles. The van der Waals surface area contributed by atoms with Crippen molar-refractivity contribution in [3.05, 3.63) is 58.6 Å². The summed E-state index contributed by atoms with van der Waals surface area (Å²) in [6.45, 7) is 1.48. The Morgan fingerprint density at radius 2 is 1.74 bits per heavy atom. The molecule has 0 spiro atoms. The third-order valence-electron chi connectivity index (χ3n) is 3.01. The first-order valence-electron chi connectivity index (χ1n) is 5.70. The summed E-state index contributed by atoms with van der Waals surface area (Å²) in [5.41, 5.74) is 2.63. The van der Waals surface area contributed by atoms with Gasteiger partial charge in [-0.15, -0.1) is 11.6 Å². The highest BCUT2D eigenvalue weighted by Crippen LogP contribution is 2.32. The van der Waals surface area contributed by atoms with E-state index in [0.717, 1.165) is 15.6 Å². The van der Waals surface area contributed by atoms with Gasteiger partial charge in [0, 0.05) is 4.47 Å². The molecule has 0 bridgehead atoms. The molecule has 1 atom stereocenters. The van der Waals surface area contributed by atoms with Crippen LogP contribution in [0.3, 0.4) is 0 Å². The molecule has 2 nitrogen and oxygen atoms in total. The molecule has 1 unspecified atom stereocenters. The highest BCUT2D eigenvalue weighted by atomic mass is 79.9. The minimum absolute atomic E-state index is 0.567. The van der Waals surface area contributed by atoms with Crippen LogP contribution in [0.25, 0.3) is 11.1 Å². The molecule has 2 rings (SSSR count). The molecule has 0 radical (unpaired) electrons. The second kappa shape index (κ2) is 5.35. The van der Waals surface area contributed by atoms with Crippen molar-refractivity contribution in [2.45, 2.75) is 11.8 Å². The summed E-state index contributed by atoms with van der Waals surface area (Å²) in [6, 6.07) is 15.1. The molecular formula is C15H12BrClO2. The first kappa shape index (κ1) is 14.1. The number of halogens is 2. The average molecular weight is 340 g/mol. The molecule has 0 fully saturated rings. The Morgan fingerprint density at radius 3 is 2.26 bits per heavy atom. The van der Waals surface area contributed by atoms with E-state index in [-0.39, 0.29) is 0 Å². The van der Waals surface area contributed by atoms with Gasteiger partial charge in [-0.2, -0.15) is 0 Å². The standard InChI is InChI=1S/C15H12BrClO2/c1-15(17,14(18)19)11-8-6-10(7-9-11)12-4-2-3-5-13(12)16/h2-9H,1H3,(H,18,19). The third-order valence-corrected chi connectivity index (χ3v) is 4.08. The molecule has 98 valence electrons. The van der Waals surface area contributed by atoms with Gasteiger partial charge in [0.05, 0.1) is 0 Å². The Hall–Kier alpha value is -1.32. The van der Waals surface area contributed by atoms with E-state index in [2.05, 4.69) is 15.9 Å². The Labute approximate surface area is 125 Å². The van der Waals surface area contributed by atoms with Crippen LogP contribution < -0.4 is 0 Å². The number of aliphatic carboxylic acids is 1. The van der Waals surface area contributed by atoms with Crippen molar-refractivity contribution < 1.29 is 9.90 Å². The fraction of sp³-hybridized carbons (Fsp3) is 0.133. The first-order chi connectivity index (χ1) is 8.93. The number of rotatable bonds is 3. The maximum absolute atomic E-state index is 11.1. The lowest BCUT2D eigenvalue weighted by atomic mass is 9.97. The number of alkyl halides is 1. The van der Waals surface area contributed by atoms with Crippen LogP contribution in [0, 0.1) is 0 Å². The summed E-state index contributed by atoms with van der Waals surface area (Å²) in [4.78, 5) is 9.69. The first-order valence-corrected chi connectivity index (χ1v) is 6.88. The molecule has 0 aliphatic carbocycles. The molecule has 0 amide bonds. The van der Waals surface area contributed by atoms with E-state index in [4.69, 9.17) is 16.7 Å². The van der Waals surface area contributed by atoms with Crippen LogP contribution >= 0.6 is 27.5 Å². The molecule has 0 saturated heterocycles. The number of carboxylic acid groups (broad SMARTS) is 1. The lowest BCUT2D eigenvalue weighted by Crippen LogP contribution is -2.25. The van der Waals surface area contributed by atoms with E-state index in [1.165, 1.54) is 6.92 Å². The number of carbonyl (C=O) groups is 1. The zero-order valence-corrected chi connectivity index (χ0v) is 12.6. The number of carboxylic acids is 1. The van der Waals surface area contributed by atoms with Gasteiger partial charge in [0.2, 0.25) is 0 Å². The van der Waals surface area contributed by atoms with Gasteiger partial charge in [-0.3, -0.25) is 0 Å². The summed E-state index contributed by atoms with van der Waals surface area (Å²) < 4.78 is 0.995. The van der Waals surface area contributed by atoms with Gasteiger partial charge >= 0.3 is 5.97 Å². The van der Waals surface area contributed by atoms with Crippen molar-refractivity contribution >= 4 is 33.5 Å². The quantitative estimate of drug-likeness (QED) is 0.826. The average Bonchev–Trinajstić information content (AvgIpc) is 2.39. The fourth-order valence-corrected chi connectivity index (χ4v) is 2.42. The van der Waals surface area contributed by atoms with Crippen molar-refractivity contribution in [1.29, 1.82) is 0 Å². The zero-order chi connectivity index (χ0) is 14.0. The second-order valence-corrected chi connectivity index (χ2v) is 5.98. The topological polar surface area (TPSA) is 37.3 Å². The summed E-state index contributed by atoms with van der Waals surface area (Å²) in [5, 5.41) is 9.09. The van der Waals surface area contributed by atoms with Crippen LogP contribution in [0.1, 0.15) is 12.5 Å². The van der Waals surface area contributed by atoms with E-state index in [9.17, 15) is 4.79 Å². The van der Waals surface area contributed by atoms with Crippen molar-refractivity contribution in [2.24, 2.45) is 0 Å². The van der Waals surface area contributed by atoms with Crippen molar-refractivity contribution in [1.82, 2.24) is 0 Å². The number of hydrogen-bond donors (Lipinski definition) is 1. The van der Waals surface area contributed by atoms with E-state index in [1.807, 2.05) is 36.4 Å². The van der Waals surface area contributed by atoms with Gasteiger partial charge in [-0.1, -0.05) is 58.4 Å². The Kier molecular flexibility index (Phi) is 3.97. The number of benzene rings is 2. The predicted octanol–water partition coefficient (Wildman–Crippen LogP) is 4.65. The molecule has 2 aromatic rings. The molecule has 2 aromatic carbocycles. The summed E-state index contributed by atoms with van der Waals surface area (Å²) >= 11 is 9.51. The Bertz CT molecular complexity index is 606. The lowest BCUT2D eigenvalue weighted by Gasteiger charge is -2.17. The zero-order valence-electron chi connectivity index (χ0n) is 10.2. The third kappa shape index (κ3) is 2.82. The predicted molar refractivity (Wildman–Crippen MR) is 80.4 cm³/mol. The molecule has 0 heterocycles. The summed E-state index contributed by atoms with van der Waals surface area (Å²) in [5.74, 6) is -1.05. The van der Waals surface area contributed by atoms with Crippen LogP contribution in [0.15, 0.2) is 53.0 Å². The molecule has 19 heavy (non-hydrogen) atoms. The lowest BCUT2D eigenvalue weighted by molar-refractivity contribution is -0.139. The molecule has 0 aliphatic rings. The molecule has 0 aliphatic heterocycles. The molecule has 0 aromatic heterocycles. The van der Waals surface area contributed by atoms with Crippen LogP contribution in [0.4, 0.5) is 0 Å². The largest absolute Gasteiger partial charge is 0.480 e. The van der Waals surface area contributed by atoms with E-state index >= 15 is 0 Å². The van der Waals surface area contributed by atoms with Gasteiger partial charge in [-0.05, 0) is 29.7 Å².